The molecule has 2 atom stereocenters. The molecule has 0 radical (unpaired) electrons. The molecule has 0 aliphatic carbocycles. The number of H-pyrrole nitrogens is 1. The topological polar surface area (TPSA) is 36.1 Å². The number of fused-ring (bicyclic) bond motifs is 7. The van der Waals surface area contributed by atoms with Gasteiger partial charge in [-0.1, -0.05) is 67.6 Å². The van der Waals surface area contributed by atoms with Crippen LogP contribution < -0.4 is 0 Å². The van der Waals surface area contributed by atoms with Crippen molar-refractivity contribution in [2.45, 2.75) is 25.3 Å². The average Bonchev–Trinajstić information content (AvgIpc) is 3.30. The van der Waals surface area contributed by atoms with E-state index in [1.807, 2.05) is 18.2 Å². The Morgan fingerprint density at radius 1 is 0.966 bits per heavy atom. The molecule has 0 saturated heterocycles. The van der Waals surface area contributed by atoms with Crippen LogP contribution in [-0.4, -0.2) is 22.3 Å². The summed E-state index contributed by atoms with van der Waals surface area (Å²) < 4.78 is 0. The lowest BCUT2D eigenvalue weighted by atomic mass is 9.82. The van der Waals surface area contributed by atoms with Crippen LogP contribution in [0.1, 0.15) is 57.2 Å². The number of amides is 1. The molecule has 3 aromatic carbocycles. The third-order valence-corrected chi connectivity index (χ3v) is 6.63. The molecule has 142 valence electrons. The van der Waals surface area contributed by atoms with Crippen LogP contribution in [-0.2, 0) is 6.42 Å². The van der Waals surface area contributed by atoms with E-state index < -0.39 is 0 Å². The number of aryl methyl sites for hydroxylation is 1. The van der Waals surface area contributed by atoms with Gasteiger partial charge in [0, 0.05) is 34.6 Å². The van der Waals surface area contributed by atoms with E-state index in [1.165, 1.54) is 27.8 Å². The third kappa shape index (κ3) is 2.27. The molecule has 29 heavy (non-hydrogen) atoms. The fraction of sp³-hybridized carbons (Fsp3) is 0.192. The van der Waals surface area contributed by atoms with E-state index >= 15 is 0 Å². The summed E-state index contributed by atoms with van der Waals surface area (Å²) in [6, 6.07) is 25.5. The maximum absolute atomic E-state index is 13.2. The zero-order chi connectivity index (χ0) is 19.5. The van der Waals surface area contributed by atoms with Gasteiger partial charge in [-0.15, -0.1) is 0 Å². The van der Waals surface area contributed by atoms with Crippen LogP contribution >= 0.6 is 0 Å². The minimum absolute atomic E-state index is 0.0211. The van der Waals surface area contributed by atoms with Gasteiger partial charge < -0.3 is 9.88 Å². The fourth-order valence-electron chi connectivity index (χ4n) is 5.19. The number of aromatic amines is 1. The first-order valence-electron chi connectivity index (χ1n) is 10.4. The molecule has 1 N–H and O–H groups in total. The molecule has 6 rings (SSSR count). The molecule has 3 heteroatoms. The highest BCUT2D eigenvalue weighted by molar-refractivity contribution is 6.01. The van der Waals surface area contributed by atoms with Gasteiger partial charge in [-0.25, -0.2) is 0 Å². The van der Waals surface area contributed by atoms with Crippen LogP contribution in [0.25, 0.3) is 10.9 Å². The average molecular weight is 378 g/mol. The molecular weight excluding hydrogens is 356 g/mol. The second-order valence-electron chi connectivity index (χ2n) is 8.09. The normalized spacial score (nSPS) is 19.9. The van der Waals surface area contributed by atoms with Gasteiger partial charge in [-0.2, -0.15) is 0 Å². The van der Waals surface area contributed by atoms with Crippen molar-refractivity contribution in [3.63, 3.8) is 0 Å². The van der Waals surface area contributed by atoms with Crippen LogP contribution in [0.4, 0.5) is 0 Å². The number of carbonyl (C=O) groups excluding carboxylic acids is 1. The van der Waals surface area contributed by atoms with Crippen molar-refractivity contribution in [3.05, 3.63) is 106 Å². The van der Waals surface area contributed by atoms with Crippen molar-refractivity contribution in [3.8, 4) is 0 Å². The van der Waals surface area contributed by atoms with Crippen molar-refractivity contribution in [2.75, 3.05) is 6.54 Å². The number of hydrogen-bond acceptors (Lipinski definition) is 1. The predicted molar refractivity (Wildman–Crippen MR) is 115 cm³/mol. The molecule has 0 unspecified atom stereocenters. The Kier molecular flexibility index (Phi) is 3.48. The van der Waals surface area contributed by atoms with Gasteiger partial charge in [-0.3, -0.25) is 4.79 Å². The maximum atomic E-state index is 13.2. The van der Waals surface area contributed by atoms with Crippen LogP contribution in [0, 0.1) is 0 Å². The molecular formula is C26H22N2O. The molecule has 2 aliphatic heterocycles. The lowest BCUT2D eigenvalue weighted by Gasteiger charge is -2.36. The fourth-order valence-corrected chi connectivity index (χ4v) is 5.19. The van der Waals surface area contributed by atoms with E-state index in [4.69, 9.17) is 0 Å². The predicted octanol–water partition coefficient (Wildman–Crippen LogP) is 5.42. The summed E-state index contributed by atoms with van der Waals surface area (Å²) in [5, 5.41) is 1.27. The molecule has 4 aromatic rings. The van der Waals surface area contributed by atoms with Gasteiger partial charge in [0.05, 0.1) is 6.04 Å². The van der Waals surface area contributed by atoms with Gasteiger partial charge >= 0.3 is 0 Å². The summed E-state index contributed by atoms with van der Waals surface area (Å²) in [7, 11) is 0. The number of rotatable bonds is 2. The van der Waals surface area contributed by atoms with E-state index in [0.717, 1.165) is 23.1 Å². The number of benzene rings is 3. The van der Waals surface area contributed by atoms with E-state index in [2.05, 4.69) is 71.4 Å². The molecule has 0 spiro atoms. The van der Waals surface area contributed by atoms with Crippen molar-refractivity contribution >= 4 is 16.8 Å². The number of nitrogens with one attached hydrogen (secondary N) is 1. The van der Waals surface area contributed by atoms with Crippen LogP contribution in [0.2, 0.25) is 0 Å². The lowest BCUT2D eigenvalue weighted by molar-refractivity contribution is 0.0727. The molecule has 0 saturated carbocycles. The first kappa shape index (κ1) is 16.6. The van der Waals surface area contributed by atoms with Crippen molar-refractivity contribution < 1.29 is 4.79 Å². The molecule has 0 fully saturated rings. The lowest BCUT2D eigenvalue weighted by Crippen LogP contribution is -2.37. The number of aromatic nitrogens is 1. The van der Waals surface area contributed by atoms with Crippen molar-refractivity contribution in [2.24, 2.45) is 0 Å². The summed E-state index contributed by atoms with van der Waals surface area (Å²) in [5.41, 5.74) is 8.22. The zero-order valence-corrected chi connectivity index (χ0v) is 16.4. The molecule has 1 amide bonds. The molecule has 1 aromatic heterocycles. The highest BCUT2D eigenvalue weighted by atomic mass is 16.2. The van der Waals surface area contributed by atoms with Crippen LogP contribution in [0.15, 0.2) is 72.8 Å². The van der Waals surface area contributed by atoms with Gasteiger partial charge in [0.1, 0.15) is 0 Å². The molecule has 3 heterocycles. The summed E-state index contributed by atoms with van der Waals surface area (Å²) in [6.45, 7) is 2.89. The first-order chi connectivity index (χ1) is 14.3. The van der Waals surface area contributed by atoms with Crippen LogP contribution in [0.3, 0.4) is 0 Å². The van der Waals surface area contributed by atoms with Gasteiger partial charge in [0.2, 0.25) is 0 Å². The Morgan fingerprint density at radius 3 is 2.55 bits per heavy atom. The Bertz CT molecular complexity index is 1250. The van der Waals surface area contributed by atoms with E-state index in [1.54, 1.807) is 0 Å². The second kappa shape index (κ2) is 6.08. The number of hydrogen-bond donors (Lipinski definition) is 1. The van der Waals surface area contributed by atoms with E-state index in [0.29, 0.717) is 6.54 Å². The van der Waals surface area contributed by atoms with Gasteiger partial charge in [0.15, 0.2) is 0 Å². The summed E-state index contributed by atoms with van der Waals surface area (Å²) in [6.07, 6.45) is 1.03. The number of para-hydroxylation sites is 1. The van der Waals surface area contributed by atoms with Crippen molar-refractivity contribution in [1.82, 2.24) is 9.88 Å². The summed E-state index contributed by atoms with van der Waals surface area (Å²) in [5.74, 6) is 0.312. The van der Waals surface area contributed by atoms with Crippen LogP contribution in [0.5, 0.6) is 0 Å². The minimum atomic E-state index is -0.0211. The zero-order valence-electron chi connectivity index (χ0n) is 16.4. The monoisotopic (exact) mass is 378 g/mol. The standard InChI is InChI=1S/C26H22N2O/c1-2-16-11-13-17(14-12-16)21-15-28-25(18-7-3-4-8-19(18)26(28)29)24-23(21)20-9-5-6-10-22(20)27-24/h3-14,21,25,27H,2,15H2,1H3/t21-,25+/m1/s1. The second-order valence-corrected chi connectivity index (χ2v) is 8.09. The van der Waals surface area contributed by atoms with Gasteiger partial charge in [-0.05, 0) is 40.8 Å². The van der Waals surface area contributed by atoms with Gasteiger partial charge in [0.25, 0.3) is 5.91 Å². The smallest absolute Gasteiger partial charge is 0.255 e. The quantitative estimate of drug-likeness (QED) is 0.497. The maximum Gasteiger partial charge on any atom is 0.255 e. The Labute approximate surface area is 170 Å². The Morgan fingerprint density at radius 2 is 1.72 bits per heavy atom. The largest absolute Gasteiger partial charge is 0.356 e. The SMILES string of the molecule is CCc1ccc([C@H]2CN3C(=O)c4ccccc4[C@H]3c3[nH]c4ccccc4c32)cc1. The highest BCUT2D eigenvalue weighted by Gasteiger charge is 2.45. The molecule has 2 aliphatic rings. The Balaban J connectivity index is 1.60. The molecule has 3 nitrogen and oxygen atoms in total. The first-order valence-corrected chi connectivity index (χ1v) is 10.4. The summed E-state index contributed by atoms with van der Waals surface area (Å²) in [4.78, 5) is 19.0. The third-order valence-electron chi connectivity index (χ3n) is 6.63. The minimum Gasteiger partial charge on any atom is -0.356 e. The molecule has 0 bridgehead atoms. The number of carbonyl (C=O) groups is 1. The highest BCUT2D eigenvalue weighted by Crippen LogP contribution is 2.49. The summed E-state index contributed by atoms with van der Waals surface area (Å²) >= 11 is 0. The van der Waals surface area contributed by atoms with E-state index in [-0.39, 0.29) is 17.9 Å². The Hall–Kier alpha value is -3.33. The van der Waals surface area contributed by atoms with Crippen molar-refractivity contribution in [1.29, 1.82) is 0 Å². The van der Waals surface area contributed by atoms with E-state index in [9.17, 15) is 4.79 Å². The number of nitrogens with zero attached hydrogens (tertiary/aromatic N) is 1.